The number of nitrogens with zero attached hydrogens (tertiary/aromatic N) is 3. The second-order valence-corrected chi connectivity index (χ2v) is 7.71. The van der Waals surface area contributed by atoms with Gasteiger partial charge < -0.3 is 10.6 Å². The number of aromatic nitrogens is 4. The molecule has 2 aromatic carbocycles. The number of nitrogens with one attached hydrogen (secondary N) is 4. The molecular formula is C19H18ClN7O2S. The van der Waals surface area contributed by atoms with Crippen LogP contribution in [0.2, 0.25) is 5.02 Å². The van der Waals surface area contributed by atoms with Gasteiger partial charge in [-0.15, -0.1) is 0 Å². The van der Waals surface area contributed by atoms with Crippen molar-refractivity contribution in [3.63, 3.8) is 0 Å². The molecule has 0 saturated carbocycles. The summed E-state index contributed by atoms with van der Waals surface area (Å²) in [5.74, 6) is 0.747. The molecule has 0 bridgehead atoms. The molecule has 4 aromatic rings. The third kappa shape index (κ3) is 4.51. The van der Waals surface area contributed by atoms with Gasteiger partial charge in [0.25, 0.3) is 0 Å². The summed E-state index contributed by atoms with van der Waals surface area (Å²) in [5, 5.41) is 14.9. The number of aryl methyl sites for hydroxylation is 1. The minimum Gasteiger partial charge on any atom is -0.339 e. The fraction of sp³-hybridized carbons (Fsp3) is 0.105. The molecule has 0 amide bonds. The van der Waals surface area contributed by atoms with E-state index in [1.165, 1.54) is 6.20 Å². The summed E-state index contributed by atoms with van der Waals surface area (Å²) in [5.41, 5.74) is 4.05. The molecule has 0 saturated heterocycles. The average molecular weight is 444 g/mol. The highest BCUT2D eigenvalue weighted by Gasteiger charge is 2.10. The molecule has 0 spiro atoms. The largest absolute Gasteiger partial charge is 0.339 e. The lowest BCUT2D eigenvalue weighted by molar-refractivity contribution is 0.601. The van der Waals surface area contributed by atoms with Crippen molar-refractivity contribution in [1.29, 1.82) is 0 Å². The predicted octanol–water partition coefficient (Wildman–Crippen LogP) is 3.42. The van der Waals surface area contributed by atoms with Crippen molar-refractivity contribution < 1.29 is 8.42 Å². The molecule has 2 heterocycles. The van der Waals surface area contributed by atoms with E-state index >= 15 is 0 Å². The van der Waals surface area contributed by atoms with E-state index in [4.69, 9.17) is 11.6 Å². The van der Waals surface area contributed by atoms with Gasteiger partial charge in [-0.2, -0.15) is 10.1 Å². The van der Waals surface area contributed by atoms with E-state index in [0.717, 1.165) is 27.8 Å². The van der Waals surface area contributed by atoms with Gasteiger partial charge in [0.15, 0.2) is 5.82 Å². The van der Waals surface area contributed by atoms with Crippen LogP contribution < -0.4 is 15.4 Å². The minimum absolute atomic E-state index is 0.152. The Morgan fingerprint density at radius 3 is 2.80 bits per heavy atom. The summed E-state index contributed by atoms with van der Waals surface area (Å²) in [6.07, 6.45) is 1.49. The summed E-state index contributed by atoms with van der Waals surface area (Å²) < 4.78 is 24.1. The number of rotatable bonds is 7. The molecule has 0 aliphatic heterocycles. The van der Waals surface area contributed by atoms with Crippen molar-refractivity contribution >= 4 is 56.5 Å². The van der Waals surface area contributed by atoms with Gasteiger partial charge in [-0.3, -0.25) is 5.10 Å². The van der Waals surface area contributed by atoms with Crippen molar-refractivity contribution in [2.24, 2.45) is 0 Å². The summed E-state index contributed by atoms with van der Waals surface area (Å²) in [6.45, 7) is 2.12. The Kier molecular flexibility index (Phi) is 5.79. The lowest BCUT2D eigenvalue weighted by Crippen LogP contribution is -2.12. The van der Waals surface area contributed by atoms with Crippen LogP contribution in [0.4, 0.5) is 23.1 Å². The van der Waals surface area contributed by atoms with Crippen molar-refractivity contribution in [3.05, 3.63) is 64.9 Å². The van der Waals surface area contributed by atoms with Crippen molar-refractivity contribution in [3.8, 4) is 0 Å². The number of thiol groups is 1. The number of anilines is 4. The molecule has 4 rings (SSSR count). The Morgan fingerprint density at radius 1 is 1.13 bits per heavy atom. The summed E-state index contributed by atoms with van der Waals surface area (Å²) >= 11 is 6.27. The first kappa shape index (κ1) is 20.1. The zero-order chi connectivity index (χ0) is 21.1. The van der Waals surface area contributed by atoms with E-state index in [-0.39, 0.29) is 6.54 Å². The molecule has 30 heavy (non-hydrogen) atoms. The van der Waals surface area contributed by atoms with Crippen LogP contribution in [0.25, 0.3) is 10.9 Å². The lowest BCUT2D eigenvalue weighted by atomic mass is 10.2. The van der Waals surface area contributed by atoms with E-state index in [1.807, 2.05) is 49.4 Å². The van der Waals surface area contributed by atoms with Gasteiger partial charge in [0.05, 0.1) is 11.7 Å². The van der Waals surface area contributed by atoms with Crippen LogP contribution in [0.5, 0.6) is 0 Å². The van der Waals surface area contributed by atoms with Gasteiger partial charge in [-0.25, -0.2) is 18.1 Å². The molecule has 0 fully saturated rings. The quantitative estimate of drug-likeness (QED) is 0.277. The summed E-state index contributed by atoms with van der Waals surface area (Å²) in [6, 6.07) is 13.1. The van der Waals surface area contributed by atoms with Crippen LogP contribution in [-0.2, 0) is 17.4 Å². The molecule has 11 heteroatoms. The highest BCUT2D eigenvalue weighted by molar-refractivity contribution is 7.70. The maximum atomic E-state index is 10.8. The molecule has 0 unspecified atom stereocenters. The van der Waals surface area contributed by atoms with Crippen molar-refractivity contribution in [2.75, 3.05) is 10.6 Å². The number of hydrogen-bond donors (Lipinski definition) is 5. The zero-order valence-corrected chi connectivity index (χ0v) is 17.5. The molecule has 0 radical (unpaired) electrons. The molecule has 0 aliphatic rings. The smallest absolute Gasteiger partial charge is 0.229 e. The number of halogens is 1. The van der Waals surface area contributed by atoms with Crippen LogP contribution in [0.1, 0.15) is 11.3 Å². The first-order chi connectivity index (χ1) is 14.5. The monoisotopic (exact) mass is 443 g/mol. The highest BCUT2D eigenvalue weighted by atomic mass is 35.5. The fourth-order valence-electron chi connectivity index (χ4n) is 2.94. The van der Waals surface area contributed by atoms with Crippen LogP contribution >= 0.6 is 11.6 Å². The maximum Gasteiger partial charge on any atom is 0.229 e. The number of para-hydroxylation sites is 1. The van der Waals surface area contributed by atoms with Crippen LogP contribution in [0, 0.1) is 6.92 Å². The molecule has 0 atom stereocenters. The standard InChI is InChI=1S/C19H18ClN7O2S/c1-11-14-7-6-13(8-17(14)27-26-11)23-19-21-10-15(20)18(25-19)24-16-5-3-2-4-12(16)9-22-30(28)29/h2-8,10,30H,9H2,1H3,(H,26,27)(H,22,28,29)(H2,21,23,24,25). The molecule has 4 N–H and O–H groups in total. The summed E-state index contributed by atoms with van der Waals surface area (Å²) in [4.78, 5) is 8.68. The Balaban J connectivity index is 1.57. The van der Waals surface area contributed by atoms with Gasteiger partial charge in [-0.1, -0.05) is 29.8 Å². The zero-order valence-electron chi connectivity index (χ0n) is 15.8. The highest BCUT2D eigenvalue weighted by Crippen LogP contribution is 2.27. The van der Waals surface area contributed by atoms with Crippen molar-refractivity contribution in [1.82, 2.24) is 24.9 Å². The predicted molar refractivity (Wildman–Crippen MR) is 118 cm³/mol. The SMILES string of the molecule is Cc1[nH]nc2cc(Nc3ncc(Cl)c(Nc4ccccc4CN[SH](=O)=O)n3)ccc12. The average Bonchev–Trinajstić information content (AvgIpc) is 3.10. The van der Waals surface area contributed by atoms with Gasteiger partial charge in [0.2, 0.25) is 16.8 Å². The Bertz CT molecular complexity index is 1280. The minimum atomic E-state index is -2.69. The second kappa shape index (κ2) is 8.66. The van der Waals surface area contributed by atoms with E-state index in [9.17, 15) is 8.42 Å². The van der Waals surface area contributed by atoms with E-state index in [0.29, 0.717) is 22.5 Å². The number of H-pyrrole nitrogens is 1. The van der Waals surface area contributed by atoms with Crippen LogP contribution in [0.3, 0.4) is 0 Å². The number of aromatic amines is 1. The third-order valence-electron chi connectivity index (χ3n) is 4.42. The van der Waals surface area contributed by atoms with Gasteiger partial charge in [0.1, 0.15) is 5.02 Å². The number of fused-ring (bicyclic) bond motifs is 1. The summed E-state index contributed by atoms with van der Waals surface area (Å²) in [7, 11) is -2.69. The van der Waals surface area contributed by atoms with Gasteiger partial charge >= 0.3 is 0 Å². The molecule has 2 aromatic heterocycles. The second-order valence-electron chi connectivity index (χ2n) is 6.47. The third-order valence-corrected chi connectivity index (χ3v) is 5.11. The Hall–Kier alpha value is -3.21. The molecule has 0 aliphatic carbocycles. The normalized spacial score (nSPS) is 11.2. The topological polar surface area (TPSA) is 125 Å². The lowest BCUT2D eigenvalue weighted by Gasteiger charge is -2.13. The van der Waals surface area contributed by atoms with Crippen molar-refractivity contribution in [2.45, 2.75) is 13.5 Å². The molecule has 154 valence electrons. The van der Waals surface area contributed by atoms with Crippen LogP contribution in [-0.4, -0.2) is 28.6 Å². The van der Waals surface area contributed by atoms with E-state index < -0.39 is 10.9 Å². The van der Waals surface area contributed by atoms with Gasteiger partial charge in [-0.05, 0) is 36.8 Å². The maximum absolute atomic E-state index is 10.8. The molecular weight excluding hydrogens is 426 g/mol. The Labute approximate surface area is 179 Å². The Morgan fingerprint density at radius 2 is 1.97 bits per heavy atom. The molecule has 9 nitrogen and oxygen atoms in total. The van der Waals surface area contributed by atoms with Crippen LogP contribution in [0.15, 0.2) is 48.7 Å². The van der Waals surface area contributed by atoms with Gasteiger partial charge in [0, 0.05) is 29.0 Å². The number of hydrogen-bond acceptors (Lipinski definition) is 7. The fourth-order valence-corrected chi connectivity index (χ4v) is 3.38. The van der Waals surface area contributed by atoms with E-state index in [2.05, 4.69) is 35.5 Å². The van der Waals surface area contributed by atoms with E-state index in [1.54, 1.807) is 0 Å². The number of benzene rings is 2. The first-order valence-electron chi connectivity index (χ1n) is 8.97. The first-order valence-corrected chi connectivity index (χ1v) is 10.5.